The summed E-state index contributed by atoms with van der Waals surface area (Å²) in [5, 5.41) is 8.36. The Labute approximate surface area is 194 Å². The van der Waals surface area contributed by atoms with Crippen LogP contribution in [0, 0.1) is 0 Å². The van der Waals surface area contributed by atoms with Crippen LogP contribution in [0.3, 0.4) is 0 Å². The lowest BCUT2D eigenvalue weighted by Gasteiger charge is -2.31. The Hall–Kier alpha value is -3.17. The molecule has 9 heteroatoms. The van der Waals surface area contributed by atoms with Crippen LogP contribution in [0.15, 0.2) is 47.5 Å². The molecule has 2 amide bonds. The van der Waals surface area contributed by atoms with E-state index in [1.807, 2.05) is 30.3 Å². The first kappa shape index (κ1) is 24.5. The van der Waals surface area contributed by atoms with Gasteiger partial charge in [0.25, 0.3) is 0 Å². The van der Waals surface area contributed by atoms with Crippen molar-refractivity contribution in [3.8, 4) is 0 Å². The summed E-state index contributed by atoms with van der Waals surface area (Å²) in [7, 11) is 1.60. The summed E-state index contributed by atoms with van der Waals surface area (Å²) in [5.74, 6) is -0.237. The minimum atomic E-state index is -0.609. The van der Waals surface area contributed by atoms with Crippen LogP contribution in [0.25, 0.3) is 10.8 Å². The molecule has 1 aliphatic rings. The molecule has 2 aromatic rings. The summed E-state index contributed by atoms with van der Waals surface area (Å²) in [5.41, 5.74) is 17.7. The first-order valence-corrected chi connectivity index (χ1v) is 11.4. The molecule has 0 radical (unpaired) electrons. The standard InChI is InChI=1S/C24H35N7O2/c1-28-22(32)21(14-16-8-9-17-5-2-3-6-18(17)13-16)31-12-10-19(15-25)30-20(23(31)33)7-4-11-29-24(26)27/h2-3,5-6,8-9,13,19-21,30H,4,7,10-12,14-15,25H2,1H3,(H,28,32)(H4,26,27,29)/t19-,20+,21+/m1/s1. The fourth-order valence-corrected chi connectivity index (χ4v) is 4.35. The molecule has 1 saturated heterocycles. The van der Waals surface area contributed by atoms with Crippen LogP contribution >= 0.6 is 0 Å². The van der Waals surface area contributed by atoms with Crippen molar-refractivity contribution in [3.63, 3.8) is 0 Å². The third kappa shape index (κ3) is 6.43. The number of nitrogens with two attached hydrogens (primary N) is 3. The molecule has 3 atom stereocenters. The highest BCUT2D eigenvalue weighted by atomic mass is 16.2. The molecular weight excluding hydrogens is 418 g/mol. The molecule has 0 unspecified atom stereocenters. The van der Waals surface area contributed by atoms with Crippen LogP contribution in [0.4, 0.5) is 0 Å². The first-order valence-electron chi connectivity index (χ1n) is 11.4. The van der Waals surface area contributed by atoms with Crippen molar-refractivity contribution in [1.29, 1.82) is 0 Å². The van der Waals surface area contributed by atoms with Crippen molar-refractivity contribution < 1.29 is 9.59 Å². The predicted molar refractivity (Wildman–Crippen MR) is 132 cm³/mol. The summed E-state index contributed by atoms with van der Waals surface area (Å²) < 4.78 is 0. The number of aliphatic imine (C=N–C) groups is 1. The molecule has 0 spiro atoms. The van der Waals surface area contributed by atoms with Crippen molar-refractivity contribution in [1.82, 2.24) is 15.5 Å². The molecule has 1 aliphatic heterocycles. The number of hydrogen-bond donors (Lipinski definition) is 5. The van der Waals surface area contributed by atoms with E-state index in [4.69, 9.17) is 17.2 Å². The van der Waals surface area contributed by atoms with Gasteiger partial charge in [-0.05, 0) is 35.6 Å². The van der Waals surface area contributed by atoms with Gasteiger partial charge >= 0.3 is 0 Å². The lowest BCUT2D eigenvalue weighted by Crippen LogP contribution is -2.54. The minimum absolute atomic E-state index is 0.00182. The van der Waals surface area contributed by atoms with Gasteiger partial charge in [0.1, 0.15) is 6.04 Å². The number of amides is 2. The molecule has 178 valence electrons. The van der Waals surface area contributed by atoms with E-state index in [2.05, 4.69) is 27.8 Å². The zero-order chi connectivity index (χ0) is 23.8. The van der Waals surface area contributed by atoms with Crippen LogP contribution in [0.1, 0.15) is 24.8 Å². The molecule has 0 aromatic heterocycles. The van der Waals surface area contributed by atoms with Crippen molar-refractivity contribution in [3.05, 3.63) is 48.0 Å². The Kier molecular flexibility index (Phi) is 8.62. The van der Waals surface area contributed by atoms with E-state index in [1.54, 1.807) is 11.9 Å². The smallest absolute Gasteiger partial charge is 0.242 e. The molecule has 1 fully saturated rings. The van der Waals surface area contributed by atoms with Crippen molar-refractivity contribution in [2.45, 2.75) is 43.8 Å². The molecular formula is C24H35N7O2. The molecule has 2 aromatic carbocycles. The number of hydrogen-bond acceptors (Lipinski definition) is 5. The Bertz CT molecular complexity index is 990. The highest BCUT2D eigenvalue weighted by Crippen LogP contribution is 2.21. The number of nitrogens with zero attached hydrogens (tertiary/aromatic N) is 2. The van der Waals surface area contributed by atoms with Gasteiger partial charge in [0.2, 0.25) is 11.8 Å². The van der Waals surface area contributed by atoms with E-state index < -0.39 is 12.1 Å². The largest absolute Gasteiger partial charge is 0.370 e. The van der Waals surface area contributed by atoms with E-state index in [-0.39, 0.29) is 23.8 Å². The lowest BCUT2D eigenvalue weighted by atomic mass is 9.99. The number of fused-ring (bicyclic) bond motifs is 1. The van der Waals surface area contributed by atoms with Gasteiger partial charge < -0.3 is 32.7 Å². The lowest BCUT2D eigenvalue weighted by molar-refractivity contribution is -0.141. The second-order valence-electron chi connectivity index (χ2n) is 8.44. The Morgan fingerprint density at radius 3 is 2.70 bits per heavy atom. The summed E-state index contributed by atoms with van der Waals surface area (Å²) in [6, 6.07) is 13.2. The molecule has 8 N–H and O–H groups in total. The second-order valence-corrected chi connectivity index (χ2v) is 8.44. The molecule has 9 nitrogen and oxygen atoms in total. The number of carbonyl (C=O) groups is 2. The highest BCUT2D eigenvalue weighted by Gasteiger charge is 2.36. The zero-order valence-corrected chi connectivity index (χ0v) is 19.2. The quantitative estimate of drug-likeness (QED) is 0.206. The fourth-order valence-electron chi connectivity index (χ4n) is 4.35. The topological polar surface area (TPSA) is 152 Å². The Balaban J connectivity index is 1.83. The SMILES string of the molecule is CNC(=O)[C@H](Cc1ccc2ccccc2c1)N1CC[C@H](CN)N[C@@H](CCCN=C(N)N)C1=O. The second kappa shape index (κ2) is 11.6. The molecule has 3 rings (SSSR count). The van der Waals surface area contributed by atoms with E-state index in [0.29, 0.717) is 45.3 Å². The molecule has 33 heavy (non-hydrogen) atoms. The Morgan fingerprint density at radius 1 is 1.24 bits per heavy atom. The molecule has 0 aliphatic carbocycles. The van der Waals surface area contributed by atoms with E-state index in [9.17, 15) is 9.59 Å². The van der Waals surface area contributed by atoms with Crippen LogP contribution in [0.2, 0.25) is 0 Å². The molecule has 0 saturated carbocycles. The average molecular weight is 454 g/mol. The first-order chi connectivity index (χ1) is 15.9. The summed E-state index contributed by atoms with van der Waals surface area (Å²) in [4.78, 5) is 32.2. The molecule has 0 bridgehead atoms. The number of likely N-dealkylation sites (N-methyl/N-ethyl adjacent to an activating group) is 1. The van der Waals surface area contributed by atoms with Gasteiger partial charge in [-0.15, -0.1) is 0 Å². The van der Waals surface area contributed by atoms with Crippen LogP contribution in [-0.2, 0) is 16.0 Å². The van der Waals surface area contributed by atoms with Gasteiger partial charge in [0, 0.05) is 39.1 Å². The zero-order valence-electron chi connectivity index (χ0n) is 19.2. The van der Waals surface area contributed by atoms with Gasteiger partial charge in [-0.2, -0.15) is 0 Å². The third-order valence-corrected chi connectivity index (χ3v) is 6.13. The number of guanidine groups is 1. The van der Waals surface area contributed by atoms with E-state index >= 15 is 0 Å². The van der Waals surface area contributed by atoms with Crippen molar-refractivity contribution in [2.24, 2.45) is 22.2 Å². The van der Waals surface area contributed by atoms with Gasteiger partial charge in [-0.25, -0.2) is 0 Å². The van der Waals surface area contributed by atoms with Crippen molar-refractivity contribution in [2.75, 3.05) is 26.7 Å². The maximum absolute atomic E-state index is 13.6. The molecule has 1 heterocycles. The fraction of sp³-hybridized carbons (Fsp3) is 0.458. The number of carbonyl (C=O) groups excluding carboxylic acids is 2. The number of rotatable bonds is 9. The maximum Gasteiger partial charge on any atom is 0.242 e. The van der Waals surface area contributed by atoms with Gasteiger partial charge in [-0.3, -0.25) is 14.6 Å². The van der Waals surface area contributed by atoms with Gasteiger partial charge in [0.15, 0.2) is 5.96 Å². The monoisotopic (exact) mass is 453 g/mol. The summed E-state index contributed by atoms with van der Waals surface area (Å²) >= 11 is 0. The third-order valence-electron chi connectivity index (χ3n) is 6.13. The van der Waals surface area contributed by atoms with Crippen LogP contribution in [-0.4, -0.2) is 67.5 Å². The van der Waals surface area contributed by atoms with Crippen LogP contribution in [0.5, 0.6) is 0 Å². The minimum Gasteiger partial charge on any atom is -0.370 e. The van der Waals surface area contributed by atoms with E-state index in [1.165, 1.54) is 0 Å². The van der Waals surface area contributed by atoms with Crippen molar-refractivity contribution >= 4 is 28.5 Å². The Morgan fingerprint density at radius 2 is 2.00 bits per heavy atom. The van der Waals surface area contributed by atoms with Crippen LogP contribution < -0.4 is 27.8 Å². The van der Waals surface area contributed by atoms with Gasteiger partial charge in [0.05, 0.1) is 6.04 Å². The number of nitrogens with one attached hydrogen (secondary N) is 2. The highest BCUT2D eigenvalue weighted by molar-refractivity contribution is 5.90. The summed E-state index contributed by atoms with van der Waals surface area (Å²) in [6.45, 7) is 1.32. The predicted octanol–water partition coefficient (Wildman–Crippen LogP) is 0.0683. The van der Waals surface area contributed by atoms with E-state index in [0.717, 1.165) is 16.3 Å². The average Bonchev–Trinajstić information content (AvgIpc) is 2.98. The van der Waals surface area contributed by atoms with Gasteiger partial charge in [-0.1, -0.05) is 42.5 Å². The number of benzene rings is 2. The summed E-state index contributed by atoms with van der Waals surface area (Å²) in [6.07, 6.45) is 2.31. The normalized spacial score (nSPS) is 19.7. The maximum atomic E-state index is 13.6.